The molecule has 1 aromatic carbocycles. The lowest BCUT2D eigenvalue weighted by Crippen LogP contribution is -2.39. The van der Waals surface area contributed by atoms with Crippen LogP contribution in [-0.2, 0) is 15.6 Å². The van der Waals surface area contributed by atoms with Crippen LogP contribution in [0.5, 0.6) is 0 Å². The quantitative estimate of drug-likeness (QED) is 0.771. The van der Waals surface area contributed by atoms with Crippen molar-refractivity contribution in [1.29, 1.82) is 0 Å². The monoisotopic (exact) mass is 288 g/mol. The smallest absolute Gasteiger partial charge is 0.241 e. The van der Waals surface area contributed by atoms with E-state index in [0.717, 1.165) is 18.6 Å². The van der Waals surface area contributed by atoms with Crippen molar-refractivity contribution >= 4 is 14.1 Å². The minimum Gasteiger partial charge on any atom is -0.547 e. The van der Waals surface area contributed by atoms with Crippen LogP contribution < -0.4 is 0 Å². The molecule has 0 spiro atoms. The zero-order chi connectivity index (χ0) is 14.8. The lowest BCUT2D eigenvalue weighted by Gasteiger charge is -2.37. The summed E-state index contributed by atoms with van der Waals surface area (Å²) in [6.07, 6.45) is 4.29. The van der Waals surface area contributed by atoms with E-state index in [1.165, 1.54) is 5.56 Å². The van der Waals surface area contributed by atoms with Gasteiger partial charge >= 0.3 is 0 Å². The highest BCUT2D eigenvalue weighted by atomic mass is 28.4. The molecule has 0 N–H and O–H groups in total. The van der Waals surface area contributed by atoms with Gasteiger partial charge in [-0.25, -0.2) is 0 Å². The number of hydrogen-bond donors (Lipinski definition) is 0. The number of carbonyl (C=O) groups excluding carboxylic acids is 1. The van der Waals surface area contributed by atoms with E-state index in [1.54, 1.807) is 0 Å². The normalized spacial score (nSPS) is 23.4. The van der Waals surface area contributed by atoms with Crippen LogP contribution in [-0.4, -0.2) is 14.1 Å². The summed E-state index contributed by atoms with van der Waals surface area (Å²) < 4.78 is 6.22. The maximum Gasteiger partial charge on any atom is 0.241 e. The molecule has 3 heteroatoms. The van der Waals surface area contributed by atoms with Crippen molar-refractivity contribution in [3.63, 3.8) is 0 Å². The Kier molecular flexibility index (Phi) is 4.19. The summed E-state index contributed by atoms with van der Waals surface area (Å²) in [7, 11) is -1.70. The van der Waals surface area contributed by atoms with Gasteiger partial charge in [0.2, 0.25) is 8.32 Å². The third-order valence-electron chi connectivity index (χ3n) is 3.68. The highest BCUT2D eigenvalue weighted by Gasteiger charge is 2.41. The summed E-state index contributed by atoms with van der Waals surface area (Å²) in [5, 5.41) is 0. The summed E-state index contributed by atoms with van der Waals surface area (Å²) in [6, 6.07) is 10.2. The number of allylic oxidation sites excluding steroid dienone is 2. The van der Waals surface area contributed by atoms with Gasteiger partial charge in [0.25, 0.3) is 0 Å². The minimum atomic E-state index is -1.70. The van der Waals surface area contributed by atoms with Crippen LogP contribution in [0.25, 0.3) is 0 Å². The summed E-state index contributed by atoms with van der Waals surface area (Å²) in [5.41, 5.74) is 0.690. The molecule has 2 rings (SSSR count). The van der Waals surface area contributed by atoms with E-state index >= 15 is 0 Å². The first kappa shape index (κ1) is 15.0. The SMILES string of the molecule is C[C@@]1(Cc2ccccc2)C(=O)CCC=C1O[Si](C)(C)C. The number of hydrogen-bond acceptors (Lipinski definition) is 2. The maximum absolute atomic E-state index is 12.5. The third-order valence-corrected chi connectivity index (χ3v) is 4.51. The van der Waals surface area contributed by atoms with Crippen LogP contribution in [0.3, 0.4) is 0 Å². The van der Waals surface area contributed by atoms with E-state index in [0.29, 0.717) is 12.2 Å². The van der Waals surface area contributed by atoms with Crippen molar-refractivity contribution in [2.24, 2.45) is 5.41 Å². The van der Waals surface area contributed by atoms with E-state index in [9.17, 15) is 4.79 Å². The predicted octanol–water partition coefficient (Wildman–Crippen LogP) is 4.33. The molecule has 0 bridgehead atoms. The summed E-state index contributed by atoms with van der Waals surface area (Å²) in [6.45, 7) is 8.52. The van der Waals surface area contributed by atoms with Gasteiger partial charge in [-0.3, -0.25) is 4.79 Å². The molecule has 2 nitrogen and oxygen atoms in total. The molecule has 0 heterocycles. The Hall–Kier alpha value is -1.35. The fourth-order valence-corrected chi connectivity index (χ4v) is 3.62. The average molecular weight is 288 g/mol. The largest absolute Gasteiger partial charge is 0.547 e. The number of carbonyl (C=O) groups is 1. The van der Waals surface area contributed by atoms with Crippen molar-refractivity contribution < 1.29 is 9.22 Å². The van der Waals surface area contributed by atoms with Gasteiger partial charge in [-0.1, -0.05) is 30.3 Å². The van der Waals surface area contributed by atoms with Gasteiger partial charge in [0.05, 0.1) is 11.2 Å². The van der Waals surface area contributed by atoms with Crippen molar-refractivity contribution in [3.05, 3.63) is 47.7 Å². The van der Waals surface area contributed by atoms with Gasteiger partial charge in [-0.15, -0.1) is 0 Å². The molecular weight excluding hydrogens is 264 g/mol. The van der Waals surface area contributed by atoms with Crippen molar-refractivity contribution in [2.75, 3.05) is 0 Å². The van der Waals surface area contributed by atoms with Gasteiger partial charge in [0, 0.05) is 6.42 Å². The zero-order valence-corrected chi connectivity index (χ0v) is 13.9. The number of rotatable bonds is 4. The zero-order valence-electron chi connectivity index (χ0n) is 12.9. The van der Waals surface area contributed by atoms with Crippen molar-refractivity contribution in [1.82, 2.24) is 0 Å². The number of Topliss-reactive ketones (excluding diaryl/α,β-unsaturated/α-hetero) is 1. The molecule has 0 aromatic heterocycles. The van der Waals surface area contributed by atoms with Gasteiger partial charge in [0.1, 0.15) is 5.78 Å². The Labute approximate surface area is 123 Å². The van der Waals surface area contributed by atoms with Crippen molar-refractivity contribution in [3.8, 4) is 0 Å². The average Bonchev–Trinajstić information content (AvgIpc) is 2.35. The second-order valence-corrected chi connectivity index (χ2v) is 11.2. The minimum absolute atomic E-state index is 0.303. The molecule has 1 atom stereocenters. The third kappa shape index (κ3) is 3.40. The highest BCUT2D eigenvalue weighted by Crippen LogP contribution is 2.39. The number of ketones is 1. The molecule has 0 fully saturated rings. The summed E-state index contributed by atoms with van der Waals surface area (Å²) in [4.78, 5) is 12.5. The molecule has 108 valence electrons. The van der Waals surface area contributed by atoms with E-state index < -0.39 is 13.7 Å². The van der Waals surface area contributed by atoms with Crippen LogP contribution in [0.15, 0.2) is 42.2 Å². The standard InChI is InChI=1S/C17H24O2Si/c1-17(13-14-9-6-5-7-10-14)15(18)11-8-12-16(17)19-20(2,3)4/h5-7,9-10,12H,8,11,13H2,1-4H3/t17-/m1/s1. The van der Waals surface area contributed by atoms with Crippen LogP contribution >= 0.6 is 0 Å². The summed E-state index contributed by atoms with van der Waals surface area (Å²) in [5.74, 6) is 1.20. The molecule has 0 saturated carbocycles. The maximum atomic E-state index is 12.5. The fourth-order valence-electron chi connectivity index (χ4n) is 2.65. The fraction of sp³-hybridized carbons (Fsp3) is 0.471. The van der Waals surface area contributed by atoms with Crippen molar-refractivity contribution in [2.45, 2.75) is 45.8 Å². The van der Waals surface area contributed by atoms with Crippen LogP contribution in [0.1, 0.15) is 25.3 Å². The lowest BCUT2D eigenvalue weighted by atomic mass is 9.73. The van der Waals surface area contributed by atoms with Gasteiger partial charge in [-0.2, -0.15) is 0 Å². The molecule has 0 amide bonds. The second-order valence-electron chi connectivity index (χ2n) is 6.74. The molecule has 0 saturated heterocycles. The highest BCUT2D eigenvalue weighted by molar-refractivity contribution is 6.70. The van der Waals surface area contributed by atoms with E-state index in [-0.39, 0.29) is 0 Å². The predicted molar refractivity (Wildman–Crippen MR) is 85.0 cm³/mol. The molecule has 1 aliphatic rings. The Balaban J connectivity index is 2.30. The first-order valence-corrected chi connectivity index (χ1v) is 10.7. The van der Waals surface area contributed by atoms with E-state index in [4.69, 9.17) is 4.43 Å². The lowest BCUT2D eigenvalue weighted by molar-refractivity contribution is -0.127. The van der Waals surface area contributed by atoms with Crippen LogP contribution in [0.4, 0.5) is 0 Å². The summed E-state index contributed by atoms with van der Waals surface area (Å²) >= 11 is 0. The molecule has 0 unspecified atom stereocenters. The first-order chi connectivity index (χ1) is 9.31. The van der Waals surface area contributed by atoms with E-state index in [2.05, 4.69) is 37.8 Å². The second kappa shape index (κ2) is 5.56. The van der Waals surface area contributed by atoms with Crippen LogP contribution in [0.2, 0.25) is 19.6 Å². The van der Waals surface area contributed by atoms with Gasteiger partial charge in [-0.05, 0) is 51.0 Å². The molecule has 0 aliphatic heterocycles. The topological polar surface area (TPSA) is 26.3 Å². The molecule has 0 radical (unpaired) electrons. The molecule has 1 aromatic rings. The molecule has 20 heavy (non-hydrogen) atoms. The first-order valence-electron chi connectivity index (χ1n) is 7.28. The Morgan fingerprint density at radius 2 is 1.85 bits per heavy atom. The Morgan fingerprint density at radius 1 is 1.20 bits per heavy atom. The van der Waals surface area contributed by atoms with Gasteiger partial charge in [0.15, 0.2) is 0 Å². The Bertz CT molecular complexity index is 514. The number of benzene rings is 1. The van der Waals surface area contributed by atoms with Crippen LogP contribution in [0, 0.1) is 5.41 Å². The Morgan fingerprint density at radius 3 is 2.45 bits per heavy atom. The molecule has 1 aliphatic carbocycles. The van der Waals surface area contributed by atoms with Gasteiger partial charge < -0.3 is 4.43 Å². The molecular formula is C17H24O2Si. The van der Waals surface area contributed by atoms with E-state index in [1.807, 2.05) is 25.1 Å².